The summed E-state index contributed by atoms with van der Waals surface area (Å²) in [7, 11) is 2.99. The number of carbonyl (C=O) groups is 2. The van der Waals surface area contributed by atoms with Gasteiger partial charge in [0.1, 0.15) is 11.5 Å². The van der Waals surface area contributed by atoms with E-state index in [1.807, 2.05) is 0 Å². The lowest BCUT2D eigenvalue weighted by Crippen LogP contribution is -2.33. The first-order valence-corrected chi connectivity index (χ1v) is 7.92. The number of fused-ring (bicyclic) bond motifs is 5. The summed E-state index contributed by atoms with van der Waals surface area (Å²) in [5, 5.41) is 0.335. The number of hydrogen-bond donors (Lipinski definition) is 0. The summed E-state index contributed by atoms with van der Waals surface area (Å²) in [4.78, 5) is 27.0. The maximum Gasteiger partial charge on any atom is 0.238 e. The van der Waals surface area contributed by atoms with Crippen LogP contribution in [0.2, 0.25) is 5.02 Å². The number of nitrogens with zero attached hydrogens (tertiary/aromatic N) is 1. The molecule has 0 N–H and O–H groups in total. The molecule has 0 spiro atoms. The molecule has 4 atom stereocenters. The molecule has 1 saturated carbocycles. The van der Waals surface area contributed by atoms with Crippen LogP contribution < -0.4 is 14.4 Å². The van der Waals surface area contributed by atoms with Crippen molar-refractivity contribution in [2.45, 2.75) is 6.42 Å². The van der Waals surface area contributed by atoms with Crippen LogP contribution in [-0.2, 0) is 9.59 Å². The molecule has 1 aromatic carbocycles. The van der Waals surface area contributed by atoms with Crippen molar-refractivity contribution >= 4 is 29.1 Å². The number of allylic oxidation sites excluding steroid dienone is 2. The first-order chi connectivity index (χ1) is 11.1. The van der Waals surface area contributed by atoms with Crippen LogP contribution in [0.25, 0.3) is 0 Å². The van der Waals surface area contributed by atoms with Crippen LogP contribution in [0.15, 0.2) is 24.3 Å². The fourth-order valence-electron chi connectivity index (χ4n) is 4.16. The SMILES string of the molecule is COc1cc(OC)c(N2C(=O)C3C4C=CC(C4)C3C2=O)cc1Cl. The summed E-state index contributed by atoms with van der Waals surface area (Å²) in [6.07, 6.45) is 5.04. The molecule has 2 bridgehead atoms. The smallest absolute Gasteiger partial charge is 0.238 e. The molecule has 23 heavy (non-hydrogen) atoms. The maximum absolute atomic E-state index is 12.9. The maximum atomic E-state index is 12.9. The zero-order valence-electron chi connectivity index (χ0n) is 12.8. The van der Waals surface area contributed by atoms with E-state index in [9.17, 15) is 9.59 Å². The topological polar surface area (TPSA) is 55.8 Å². The van der Waals surface area contributed by atoms with Crippen molar-refractivity contribution in [2.24, 2.45) is 23.7 Å². The molecule has 4 unspecified atom stereocenters. The Labute approximate surface area is 138 Å². The van der Waals surface area contributed by atoms with E-state index in [4.69, 9.17) is 21.1 Å². The number of ether oxygens (including phenoxy) is 2. The van der Waals surface area contributed by atoms with Crippen molar-refractivity contribution in [1.29, 1.82) is 0 Å². The third-order valence-corrected chi connectivity index (χ3v) is 5.46. The van der Waals surface area contributed by atoms with Gasteiger partial charge in [-0.3, -0.25) is 9.59 Å². The van der Waals surface area contributed by atoms with Crippen LogP contribution in [0, 0.1) is 23.7 Å². The Bertz CT molecular complexity index is 714. The Morgan fingerprint density at radius 1 is 1.00 bits per heavy atom. The lowest BCUT2D eigenvalue weighted by molar-refractivity contribution is -0.123. The van der Waals surface area contributed by atoms with E-state index in [1.54, 1.807) is 12.1 Å². The third kappa shape index (κ3) is 1.86. The molecular weight excluding hydrogens is 318 g/mol. The number of amides is 2. The number of methoxy groups -OCH3 is 2. The van der Waals surface area contributed by atoms with Gasteiger partial charge >= 0.3 is 0 Å². The number of benzene rings is 1. The van der Waals surface area contributed by atoms with E-state index in [-0.39, 0.29) is 35.5 Å². The molecule has 2 aliphatic carbocycles. The number of rotatable bonds is 3. The molecule has 1 heterocycles. The average Bonchev–Trinajstić information content (AvgIpc) is 3.21. The van der Waals surface area contributed by atoms with Gasteiger partial charge < -0.3 is 9.47 Å². The van der Waals surface area contributed by atoms with Gasteiger partial charge in [-0.1, -0.05) is 23.8 Å². The minimum Gasteiger partial charge on any atom is -0.495 e. The first kappa shape index (κ1) is 14.6. The highest BCUT2D eigenvalue weighted by Gasteiger charge is 2.59. The molecule has 5 nitrogen and oxygen atoms in total. The van der Waals surface area contributed by atoms with Crippen molar-refractivity contribution in [3.63, 3.8) is 0 Å². The minimum atomic E-state index is -0.247. The summed E-state index contributed by atoms with van der Waals surface area (Å²) in [5.41, 5.74) is 0.391. The molecule has 2 amide bonds. The van der Waals surface area contributed by atoms with Crippen LogP contribution in [-0.4, -0.2) is 26.0 Å². The molecule has 3 aliphatic rings. The quantitative estimate of drug-likeness (QED) is 0.630. The molecular formula is C17H16ClNO4. The highest BCUT2D eigenvalue weighted by Crippen LogP contribution is 2.54. The summed E-state index contributed by atoms with van der Waals surface area (Å²) in [6.45, 7) is 0. The van der Waals surface area contributed by atoms with E-state index < -0.39 is 0 Å². The second kappa shape index (κ2) is 4.99. The normalized spacial score (nSPS) is 31.0. The van der Waals surface area contributed by atoms with E-state index in [0.29, 0.717) is 22.2 Å². The number of carbonyl (C=O) groups excluding carboxylic acids is 2. The highest BCUT2D eigenvalue weighted by atomic mass is 35.5. The van der Waals surface area contributed by atoms with E-state index in [0.717, 1.165) is 6.42 Å². The summed E-state index contributed by atoms with van der Waals surface area (Å²) in [5.74, 6) is 0.373. The van der Waals surface area contributed by atoms with Gasteiger partial charge in [0.25, 0.3) is 0 Å². The highest BCUT2D eigenvalue weighted by molar-refractivity contribution is 6.33. The number of halogens is 1. The van der Waals surface area contributed by atoms with Crippen molar-refractivity contribution in [3.8, 4) is 11.5 Å². The number of anilines is 1. The second-order valence-corrected chi connectivity index (χ2v) is 6.58. The predicted molar refractivity (Wildman–Crippen MR) is 84.8 cm³/mol. The number of imide groups is 1. The fraction of sp³-hybridized carbons (Fsp3) is 0.412. The molecule has 1 aromatic rings. The van der Waals surface area contributed by atoms with Gasteiger partial charge in [-0.25, -0.2) is 4.90 Å². The monoisotopic (exact) mass is 333 g/mol. The Kier molecular flexibility index (Phi) is 3.17. The van der Waals surface area contributed by atoms with Crippen molar-refractivity contribution in [2.75, 3.05) is 19.1 Å². The van der Waals surface area contributed by atoms with Gasteiger partial charge in [0.15, 0.2) is 0 Å². The molecule has 120 valence electrons. The van der Waals surface area contributed by atoms with Gasteiger partial charge in [0.2, 0.25) is 11.8 Å². The van der Waals surface area contributed by atoms with Crippen molar-refractivity contribution < 1.29 is 19.1 Å². The predicted octanol–water partition coefficient (Wildman–Crippen LogP) is 2.67. The molecule has 2 fully saturated rings. The zero-order chi connectivity index (χ0) is 16.3. The second-order valence-electron chi connectivity index (χ2n) is 6.17. The Hall–Kier alpha value is -2.01. The van der Waals surface area contributed by atoms with Gasteiger partial charge in [-0.05, 0) is 24.3 Å². The van der Waals surface area contributed by atoms with Crippen LogP contribution in [0.5, 0.6) is 11.5 Å². The Balaban J connectivity index is 1.79. The van der Waals surface area contributed by atoms with Gasteiger partial charge in [-0.2, -0.15) is 0 Å². The van der Waals surface area contributed by atoms with Gasteiger partial charge in [0.05, 0.1) is 36.8 Å². The van der Waals surface area contributed by atoms with E-state index in [1.165, 1.54) is 19.1 Å². The van der Waals surface area contributed by atoms with Crippen LogP contribution in [0.4, 0.5) is 5.69 Å². The average molecular weight is 334 g/mol. The van der Waals surface area contributed by atoms with E-state index >= 15 is 0 Å². The van der Waals surface area contributed by atoms with E-state index in [2.05, 4.69) is 12.2 Å². The molecule has 6 heteroatoms. The molecule has 4 rings (SSSR count). The van der Waals surface area contributed by atoms with Crippen LogP contribution in [0.3, 0.4) is 0 Å². The summed E-state index contributed by atoms with van der Waals surface area (Å²) < 4.78 is 10.5. The summed E-state index contributed by atoms with van der Waals surface area (Å²) in [6, 6.07) is 3.16. The van der Waals surface area contributed by atoms with Crippen LogP contribution >= 0.6 is 11.6 Å². The summed E-state index contributed by atoms with van der Waals surface area (Å²) >= 11 is 6.18. The lowest BCUT2D eigenvalue weighted by Gasteiger charge is -2.21. The standard InChI is InChI=1S/C17H16ClNO4/c1-22-12-7-13(23-2)11(6-10(12)18)19-16(20)14-8-3-4-9(5-8)15(14)17(19)21/h3-4,6-9,14-15H,5H2,1-2H3. The molecule has 1 saturated heterocycles. The Morgan fingerprint density at radius 2 is 1.57 bits per heavy atom. The minimum absolute atomic E-state index is 0.156. The Morgan fingerprint density at radius 3 is 2.09 bits per heavy atom. The lowest BCUT2D eigenvalue weighted by atomic mass is 9.85. The number of hydrogen-bond acceptors (Lipinski definition) is 4. The zero-order valence-corrected chi connectivity index (χ0v) is 13.5. The fourth-order valence-corrected chi connectivity index (χ4v) is 4.39. The van der Waals surface area contributed by atoms with Crippen molar-refractivity contribution in [1.82, 2.24) is 0 Å². The molecule has 0 radical (unpaired) electrons. The molecule has 0 aromatic heterocycles. The van der Waals surface area contributed by atoms with Crippen molar-refractivity contribution in [3.05, 3.63) is 29.3 Å². The third-order valence-electron chi connectivity index (χ3n) is 5.16. The first-order valence-electron chi connectivity index (χ1n) is 7.54. The van der Waals surface area contributed by atoms with Gasteiger partial charge in [-0.15, -0.1) is 0 Å². The van der Waals surface area contributed by atoms with Crippen LogP contribution in [0.1, 0.15) is 6.42 Å². The molecule has 1 aliphatic heterocycles. The largest absolute Gasteiger partial charge is 0.495 e. The van der Waals surface area contributed by atoms with Gasteiger partial charge in [0, 0.05) is 6.07 Å².